The highest BCUT2D eigenvalue weighted by Gasteiger charge is 2.28. The Balaban J connectivity index is 0.00000261. The minimum atomic E-state index is -0.564. The van der Waals surface area contributed by atoms with Gasteiger partial charge in [-0.25, -0.2) is 4.98 Å². The molecule has 0 spiro atoms. The van der Waals surface area contributed by atoms with Crippen molar-refractivity contribution < 1.29 is 16.1 Å². The van der Waals surface area contributed by atoms with Crippen molar-refractivity contribution in [3.8, 4) is 0 Å². The topological polar surface area (TPSA) is 122 Å². The Morgan fingerprint density at radius 2 is 2.12 bits per heavy atom. The summed E-state index contributed by atoms with van der Waals surface area (Å²) in [5.41, 5.74) is 5.63. The maximum atomic E-state index is 11.8. The summed E-state index contributed by atoms with van der Waals surface area (Å²) < 4.78 is 5.42. The average molecular weight is 365 g/mol. The average Bonchev–Trinajstić information content (AvgIpc) is 2.79. The standard InChI is InChI=1S/C18H29N5O3.H2/c1-18(6-8-26-9-7-18)23-17-20-11-14(15(19)25)16(22-17)21-12-4-2-3-5-13(24)10-12;/h11-13,24H,2-10H2,1H3,(H2,19,25)(H2,20,21,22,23);1H/t12-,13+;/m1./s1. The fourth-order valence-electron chi connectivity index (χ4n) is 3.61. The molecule has 8 heteroatoms. The molecular weight excluding hydrogens is 334 g/mol. The smallest absolute Gasteiger partial charge is 0.254 e. The van der Waals surface area contributed by atoms with E-state index in [9.17, 15) is 9.90 Å². The first kappa shape index (κ1) is 18.8. The van der Waals surface area contributed by atoms with Crippen molar-refractivity contribution in [2.75, 3.05) is 23.8 Å². The number of primary amides is 1. The molecule has 0 radical (unpaired) electrons. The molecule has 0 bridgehead atoms. The van der Waals surface area contributed by atoms with Crippen LogP contribution in [0.4, 0.5) is 11.8 Å². The monoisotopic (exact) mass is 365 g/mol. The van der Waals surface area contributed by atoms with E-state index in [2.05, 4.69) is 27.5 Å². The molecule has 2 fully saturated rings. The Kier molecular flexibility index (Phi) is 5.93. The number of nitrogens with zero attached hydrogens (tertiary/aromatic N) is 2. The van der Waals surface area contributed by atoms with Crippen molar-refractivity contribution in [3.63, 3.8) is 0 Å². The van der Waals surface area contributed by atoms with Crippen LogP contribution >= 0.6 is 0 Å². The molecule has 1 saturated carbocycles. The lowest BCUT2D eigenvalue weighted by atomic mass is 9.93. The first-order valence-corrected chi connectivity index (χ1v) is 9.42. The van der Waals surface area contributed by atoms with Gasteiger partial charge in [0.15, 0.2) is 0 Å². The zero-order valence-electron chi connectivity index (χ0n) is 15.3. The van der Waals surface area contributed by atoms with E-state index in [4.69, 9.17) is 10.5 Å². The number of nitrogens with one attached hydrogen (secondary N) is 2. The number of aromatic nitrogens is 2. The van der Waals surface area contributed by atoms with Crippen molar-refractivity contribution >= 4 is 17.7 Å². The number of aliphatic hydroxyl groups excluding tert-OH is 1. The van der Waals surface area contributed by atoms with Gasteiger partial charge in [-0.3, -0.25) is 4.79 Å². The van der Waals surface area contributed by atoms with Crippen LogP contribution in [0.1, 0.15) is 63.7 Å². The molecule has 26 heavy (non-hydrogen) atoms. The number of rotatable bonds is 5. The first-order chi connectivity index (χ1) is 12.5. The summed E-state index contributed by atoms with van der Waals surface area (Å²) in [6.07, 6.45) is 7.31. The number of aliphatic hydroxyl groups is 1. The maximum Gasteiger partial charge on any atom is 0.254 e. The molecule has 1 aromatic rings. The quantitative estimate of drug-likeness (QED) is 0.588. The molecule has 1 aromatic heterocycles. The minimum absolute atomic E-state index is 0. The molecule has 0 aromatic carbocycles. The molecule has 8 nitrogen and oxygen atoms in total. The summed E-state index contributed by atoms with van der Waals surface area (Å²) in [5.74, 6) is 0.339. The number of anilines is 2. The molecule has 1 saturated heterocycles. The Labute approximate surface area is 155 Å². The zero-order valence-corrected chi connectivity index (χ0v) is 15.3. The second-order valence-electron chi connectivity index (χ2n) is 7.63. The van der Waals surface area contributed by atoms with Gasteiger partial charge in [0.05, 0.1) is 11.7 Å². The van der Waals surface area contributed by atoms with Crippen LogP contribution in [-0.2, 0) is 4.74 Å². The summed E-state index contributed by atoms with van der Waals surface area (Å²) in [7, 11) is 0. The highest BCUT2D eigenvalue weighted by atomic mass is 16.5. The van der Waals surface area contributed by atoms with Gasteiger partial charge in [0.1, 0.15) is 5.82 Å². The van der Waals surface area contributed by atoms with Gasteiger partial charge in [-0.15, -0.1) is 0 Å². The third-order valence-electron chi connectivity index (χ3n) is 5.30. The van der Waals surface area contributed by atoms with Gasteiger partial charge in [-0.1, -0.05) is 12.8 Å². The van der Waals surface area contributed by atoms with Gasteiger partial charge in [0, 0.05) is 32.4 Å². The molecule has 146 valence electrons. The Hall–Kier alpha value is -1.93. The molecule has 2 heterocycles. The van der Waals surface area contributed by atoms with E-state index in [0.717, 1.165) is 38.5 Å². The molecule has 2 atom stereocenters. The predicted molar refractivity (Wildman–Crippen MR) is 101 cm³/mol. The van der Waals surface area contributed by atoms with Gasteiger partial charge >= 0.3 is 0 Å². The van der Waals surface area contributed by atoms with Crippen LogP contribution in [-0.4, -0.2) is 51.9 Å². The molecule has 1 aliphatic heterocycles. The van der Waals surface area contributed by atoms with Gasteiger partial charge in [0.25, 0.3) is 5.91 Å². The number of hydrogen-bond acceptors (Lipinski definition) is 7. The molecule has 1 amide bonds. The zero-order chi connectivity index (χ0) is 18.6. The normalized spacial score (nSPS) is 25.9. The summed E-state index contributed by atoms with van der Waals surface area (Å²) in [4.78, 5) is 20.6. The van der Waals surface area contributed by atoms with E-state index in [1.807, 2.05) is 0 Å². The molecule has 1 aliphatic carbocycles. The van der Waals surface area contributed by atoms with Crippen LogP contribution in [0.15, 0.2) is 6.20 Å². The van der Waals surface area contributed by atoms with Crippen LogP contribution in [0, 0.1) is 0 Å². The van der Waals surface area contributed by atoms with Crippen LogP contribution in [0.2, 0.25) is 0 Å². The van der Waals surface area contributed by atoms with Crippen LogP contribution < -0.4 is 16.4 Å². The molecule has 3 rings (SSSR count). The fraction of sp³-hybridized carbons (Fsp3) is 0.722. The summed E-state index contributed by atoms with van der Waals surface area (Å²) in [5, 5.41) is 16.7. The molecule has 0 unspecified atom stereocenters. The lowest BCUT2D eigenvalue weighted by Crippen LogP contribution is -2.41. The second kappa shape index (κ2) is 8.18. The van der Waals surface area contributed by atoms with Gasteiger partial charge in [-0.05, 0) is 39.0 Å². The van der Waals surface area contributed by atoms with E-state index in [-0.39, 0.29) is 24.7 Å². The van der Waals surface area contributed by atoms with E-state index < -0.39 is 5.91 Å². The number of nitrogens with two attached hydrogens (primary N) is 1. The van der Waals surface area contributed by atoms with Gasteiger partial charge < -0.3 is 26.2 Å². The third-order valence-corrected chi connectivity index (χ3v) is 5.30. The van der Waals surface area contributed by atoms with Crippen molar-refractivity contribution in [3.05, 3.63) is 11.8 Å². The lowest BCUT2D eigenvalue weighted by molar-refractivity contribution is 0.0656. The Morgan fingerprint density at radius 3 is 2.85 bits per heavy atom. The van der Waals surface area contributed by atoms with Crippen molar-refractivity contribution in [1.82, 2.24) is 9.97 Å². The Morgan fingerprint density at radius 1 is 1.38 bits per heavy atom. The van der Waals surface area contributed by atoms with E-state index in [1.54, 1.807) is 0 Å². The SMILES string of the molecule is CC1(Nc2ncc(C(N)=O)c(N[C@@H]3CCCC[C@H](O)C3)n2)CCOCC1.[HH]. The maximum absolute atomic E-state index is 11.8. The van der Waals surface area contributed by atoms with Crippen LogP contribution in [0.3, 0.4) is 0 Å². The fourth-order valence-corrected chi connectivity index (χ4v) is 3.61. The number of carbonyl (C=O) groups excluding carboxylic acids is 1. The van der Waals surface area contributed by atoms with Gasteiger partial charge in [-0.2, -0.15) is 4.98 Å². The number of ether oxygens (including phenoxy) is 1. The summed E-state index contributed by atoms with van der Waals surface area (Å²) in [6.45, 7) is 3.53. The van der Waals surface area contributed by atoms with Crippen LogP contribution in [0.25, 0.3) is 0 Å². The number of hydrogen-bond donors (Lipinski definition) is 4. The largest absolute Gasteiger partial charge is 0.393 e. The van der Waals surface area contributed by atoms with Crippen molar-refractivity contribution in [2.24, 2.45) is 5.73 Å². The van der Waals surface area contributed by atoms with E-state index >= 15 is 0 Å². The van der Waals surface area contributed by atoms with E-state index in [1.165, 1.54) is 6.20 Å². The molecular formula is C18H31N5O3. The summed E-state index contributed by atoms with van der Waals surface area (Å²) >= 11 is 0. The Bertz CT molecular complexity index is 639. The minimum Gasteiger partial charge on any atom is -0.393 e. The number of carbonyl (C=O) groups is 1. The van der Waals surface area contributed by atoms with Crippen molar-refractivity contribution in [1.29, 1.82) is 0 Å². The molecule has 2 aliphatic rings. The number of amides is 1. The van der Waals surface area contributed by atoms with E-state index in [0.29, 0.717) is 31.4 Å². The van der Waals surface area contributed by atoms with Gasteiger partial charge in [0.2, 0.25) is 5.95 Å². The summed E-state index contributed by atoms with van der Waals surface area (Å²) in [6, 6.07) is 0.0621. The second-order valence-corrected chi connectivity index (χ2v) is 7.63. The van der Waals surface area contributed by atoms with Crippen molar-refractivity contribution in [2.45, 2.75) is 69.6 Å². The molecule has 5 N–H and O–H groups in total. The predicted octanol–water partition coefficient (Wildman–Crippen LogP) is 1.91. The third kappa shape index (κ3) is 4.82. The lowest BCUT2D eigenvalue weighted by Gasteiger charge is -2.34. The first-order valence-electron chi connectivity index (χ1n) is 9.42. The highest BCUT2D eigenvalue weighted by Crippen LogP contribution is 2.26. The highest BCUT2D eigenvalue weighted by molar-refractivity contribution is 5.97. The van der Waals surface area contributed by atoms with Crippen LogP contribution in [0.5, 0.6) is 0 Å².